The van der Waals surface area contributed by atoms with Gasteiger partial charge in [-0.05, 0) is 35.0 Å². The summed E-state index contributed by atoms with van der Waals surface area (Å²) in [4.78, 5) is 12.8. The van der Waals surface area contributed by atoms with Crippen LogP contribution in [-0.2, 0) is 6.54 Å². The molecule has 2 N–H and O–H groups in total. The molecular formula is C14H13BrF2N2OS. The van der Waals surface area contributed by atoms with Gasteiger partial charge in [0.2, 0.25) is 0 Å². The van der Waals surface area contributed by atoms with Crippen molar-refractivity contribution in [2.45, 2.75) is 19.5 Å². The molecule has 112 valence electrons. The van der Waals surface area contributed by atoms with E-state index in [9.17, 15) is 13.6 Å². The molecule has 0 radical (unpaired) electrons. The van der Waals surface area contributed by atoms with Gasteiger partial charge < -0.3 is 10.6 Å². The van der Waals surface area contributed by atoms with E-state index >= 15 is 0 Å². The lowest BCUT2D eigenvalue weighted by molar-refractivity contribution is 0.237. The third-order valence-electron chi connectivity index (χ3n) is 2.82. The lowest BCUT2D eigenvalue weighted by Gasteiger charge is -2.15. The second kappa shape index (κ2) is 7.00. The Morgan fingerprint density at radius 2 is 2.14 bits per heavy atom. The van der Waals surface area contributed by atoms with Crippen LogP contribution in [0.15, 0.2) is 34.1 Å². The number of nitrogens with one attached hydrogen (secondary N) is 2. The van der Waals surface area contributed by atoms with E-state index < -0.39 is 23.7 Å². The minimum atomic E-state index is -0.676. The molecule has 1 aromatic carbocycles. The minimum absolute atomic E-state index is 0.241. The average Bonchev–Trinajstić information content (AvgIpc) is 2.82. The van der Waals surface area contributed by atoms with Gasteiger partial charge in [0.05, 0.1) is 12.6 Å². The van der Waals surface area contributed by atoms with Crippen LogP contribution in [-0.4, -0.2) is 6.03 Å². The molecule has 0 saturated heterocycles. The first-order valence-electron chi connectivity index (χ1n) is 6.18. The first-order valence-corrected chi connectivity index (χ1v) is 7.85. The molecule has 1 unspecified atom stereocenters. The van der Waals surface area contributed by atoms with Crippen LogP contribution in [0.4, 0.5) is 13.6 Å². The molecular weight excluding hydrogens is 362 g/mol. The maximum atomic E-state index is 13.6. The second-order valence-corrected chi connectivity index (χ2v) is 6.36. The third-order valence-corrected chi connectivity index (χ3v) is 4.52. The van der Waals surface area contributed by atoms with Crippen LogP contribution in [0.3, 0.4) is 0 Å². The van der Waals surface area contributed by atoms with Gasteiger partial charge in [-0.15, -0.1) is 11.3 Å². The van der Waals surface area contributed by atoms with Gasteiger partial charge in [0.25, 0.3) is 0 Å². The molecule has 0 aliphatic rings. The monoisotopic (exact) mass is 374 g/mol. The van der Waals surface area contributed by atoms with Crippen LogP contribution < -0.4 is 10.6 Å². The first-order chi connectivity index (χ1) is 9.95. The smallest absolute Gasteiger partial charge is 0.315 e. The summed E-state index contributed by atoms with van der Waals surface area (Å²) in [5.74, 6) is -1.32. The van der Waals surface area contributed by atoms with Crippen molar-refractivity contribution in [2.24, 2.45) is 0 Å². The number of carbonyl (C=O) groups excluding carboxylic acids is 1. The van der Waals surface area contributed by atoms with Crippen molar-refractivity contribution in [3.05, 3.63) is 56.2 Å². The summed E-state index contributed by atoms with van der Waals surface area (Å²) in [5, 5.41) is 7.22. The van der Waals surface area contributed by atoms with Gasteiger partial charge in [0.1, 0.15) is 11.6 Å². The molecule has 1 atom stereocenters. The number of rotatable bonds is 4. The van der Waals surface area contributed by atoms with Crippen LogP contribution in [0.2, 0.25) is 0 Å². The maximum absolute atomic E-state index is 13.6. The van der Waals surface area contributed by atoms with E-state index in [2.05, 4.69) is 26.6 Å². The summed E-state index contributed by atoms with van der Waals surface area (Å²) in [5.41, 5.74) is 0.241. The number of hydrogen-bond acceptors (Lipinski definition) is 2. The lowest BCUT2D eigenvalue weighted by atomic mass is 10.1. The fraction of sp³-hybridized carbons (Fsp3) is 0.214. The van der Waals surface area contributed by atoms with Crippen LogP contribution in [0, 0.1) is 11.6 Å². The highest BCUT2D eigenvalue weighted by Crippen LogP contribution is 2.20. The van der Waals surface area contributed by atoms with E-state index in [1.165, 1.54) is 17.4 Å². The lowest BCUT2D eigenvalue weighted by Crippen LogP contribution is -2.36. The summed E-state index contributed by atoms with van der Waals surface area (Å²) in [6.07, 6.45) is 0. The zero-order valence-corrected chi connectivity index (χ0v) is 13.5. The standard InChI is InChI=1S/C14H13BrF2N2OS/c1-8(12-3-2-10(16)5-13(12)17)19-14(20)18-6-11-4-9(15)7-21-11/h2-5,7-8H,6H2,1H3,(H2,18,19,20). The van der Waals surface area contributed by atoms with E-state index in [0.29, 0.717) is 6.54 Å². The van der Waals surface area contributed by atoms with Crippen LogP contribution in [0.1, 0.15) is 23.4 Å². The van der Waals surface area contributed by atoms with Gasteiger partial charge in [-0.1, -0.05) is 6.07 Å². The minimum Gasteiger partial charge on any atom is -0.333 e. The number of hydrogen-bond donors (Lipinski definition) is 2. The van der Waals surface area contributed by atoms with Crippen LogP contribution >= 0.6 is 27.3 Å². The molecule has 21 heavy (non-hydrogen) atoms. The highest BCUT2D eigenvalue weighted by Gasteiger charge is 2.14. The fourth-order valence-corrected chi connectivity index (χ4v) is 3.18. The van der Waals surface area contributed by atoms with Crippen molar-refractivity contribution in [3.8, 4) is 0 Å². The third kappa shape index (κ3) is 4.50. The Labute approximate surface area is 133 Å². The van der Waals surface area contributed by atoms with E-state index in [-0.39, 0.29) is 5.56 Å². The molecule has 1 heterocycles. The van der Waals surface area contributed by atoms with Gasteiger partial charge in [-0.25, -0.2) is 13.6 Å². The Balaban J connectivity index is 1.89. The summed E-state index contributed by atoms with van der Waals surface area (Å²) in [6.45, 7) is 2.03. The quantitative estimate of drug-likeness (QED) is 0.820. The number of halogens is 3. The molecule has 2 amide bonds. The van der Waals surface area contributed by atoms with Crippen molar-refractivity contribution in [1.82, 2.24) is 10.6 Å². The molecule has 0 saturated carbocycles. The zero-order chi connectivity index (χ0) is 15.4. The van der Waals surface area contributed by atoms with E-state index in [4.69, 9.17) is 0 Å². The predicted octanol–water partition coefficient (Wildman–Crippen LogP) is 4.35. The number of carbonyl (C=O) groups is 1. The Hall–Kier alpha value is -1.47. The Morgan fingerprint density at radius 1 is 1.38 bits per heavy atom. The van der Waals surface area contributed by atoms with Crippen molar-refractivity contribution >= 4 is 33.3 Å². The number of urea groups is 1. The normalized spacial score (nSPS) is 12.0. The molecule has 0 aliphatic carbocycles. The molecule has 0 fully saturated rings. The van der Waals surface area contributed by atoms with Crippen LogP contribution in [0.25, 0.3) is 0 Å². The molecule has 1 aromatic heterocycles. The summed E-state index contributed by atoms with van der Waals surface area (Å²) >= 11 is 4.85. The van der Waals surface area contributed by atoms with Gasteiger partial charge in [-0.3, -0.25) is 0 Å². The highest BCUT2D eigenvalue weighted by molar-refractivity contribution is 9.10. The van der Waals surface area contributed by atoms with Gasteiger partial charge in [0, 0.05) is 26.4 Å². The first kappa shape index (κ1) is 15.9. The summed E-state index contributed by atoms with van der Waals surface area (Å²) < 4.78 is 27.4. The highest BCUT2D eigenvalue weighted by atomic mass is 79.9. The molecule has 0 bridgehead atoms. The van der Waals surface area contributed by atoms with Crippen molar-refractivity contribution in [1.29, 1.82) is 0 Å². The number of amides is 2. The second-order valence-electron chi connectivity index (χ2n) is 4.45. The topological polar surface area (TPSA) is 41.1 Å². The van der Waals surface area contributed by atoms with Crippen LogP contribution in [0.5, 0.6) is 0 Å². The molecule has 7 heteroatoms. The average molecular weight is 375 g/mol. The molecule has 2 aromatic rings. The van der Waals surface area contributed by atoms with Crippen molar-refractivity contribution in [2.75, 3.05) is 0 Å². The van der Waals surface area contributed by atoms with Crippen molar-refractivity contribution in [3.63, 3.8) is 0 Å². The maximum Gasteiger partial charge on any atom is 0.315 e. The Morgan fingerprint density at radius 3 is 2.76 bits per heavy atom. The molecule has 3 nitrogen and oxygen atoms in total. The van der Waals surface area contributed by atoms with Gasteiger partial charge >= 0.3 is 6.03 Å². The Bertz CT molecular complexity index is 648. The Kier molecular flexibility index (Phi) is 5.30. The summed E-state index contributed by atoms with van der Waals surface area (Å²) in [6, 6.07) is 4.24. The van der Waals surface area contributed by atoms with E-state index in [1.54, 1.807) is 6.92 Å². The van der Waals surface area contributed by atoms with Gasteiger partial charge in [-0.2, -0.15) is 0 Å². The van der Waals surface area contributed by atoms with E-state index in [1.807, 2.05) is 11.4 Å². The number of benzene rings is 1. The fourth-order valence-electron chi connectivity index (χ4n) is 1.79. The van der Waals surface area contributed by atoms with Crippen molar-refractivity contribution < 1.29 is 13.6 Å². The number of thiophene rings is 1. The zero-order valence-electron chi connectivity index (χ0n) is 11.1. The van der Waals surface area contributed by atoms with E-state index in [0.717, 1.165) is 21.5 Å². The molecule has 0 aliphatic heterocycles. The summed E-state index contributed by atoms with van der Waals surface area (Å²) in [7, 11) is 0. The largest absolute Gasteiger partial charge is 0.333 e. The van der Waals surface area contributed by atoms with Gasteiger partial charge in [0.15, 0.2) is 0 Å². The SMILES string of the molecule is CC(NC(=O)NCc1cc(Br)cs1)c1ccc(F)cc1F. The molecule has 0 spiro atoms. The molecule has 2 rings (SSSR count). The predicted molar refractivity (Wildman–Crippen MR) is 82.2 cm³/mol.